The molecule has 0 saturated carbocycles. The fourth-order valence-corrected chi connectivity index (χ4v) is 6.15. The summed E-state index contributed by atoms with van der Waals surface area (Å²) in [6.07, 6.45) is -0.192. The highest BCUT2D eigenvalue weighted by atomic mass is 35.5. The van der Waals surface area contributed by atoms with E-state index in [9.17, 15) is 33.4 Å². The molecule has 7 atom stereocenters. The number of phosphoric ester groups is 1. The van der Waals surface area contributed by atoms with Crippen LogP contribution in [-0.2, 0) is 31.6 Å². The number of hydrogen-bond acceptors (Lipinski definition) is 11. The summed E-state index contributed by atoms with van der Waals surface area (Å²) in [7, 11) is -16.9. The molecule has 0 aromatic carbocycles. The number of phosphoric acid groups is 3. The second-order valence-corrected chi connectivity index (χ2v) is 11.3. The number of aromatic nitrogens is 2. The molecule has 1 aromatic rings. The lowest BCUT2D eigenvalue weighted by Gasteiger charge is -2.26. The van der Waals surface area contributed by atoms with Gasteiger partial charge in [0.15, 0.2) is 11.1 Å². The SMILES string of the molecule is C#C[C@@]1(Cl)C(O)[C@@H]([C@H](C)OP(=O)(O)OP(=O)(O)OP(=O)(O)O)O[C@H]1n1ccc(N)nc1=O. The predicted octanol–water partition coefficient (Wildman–Crippen LogP) is -0.574. The van der Waals surface area contributed by atoms with Crippen LogP contribution in [0.5, 0.6) is 0 Å². The zero-order chi connectivity index (χ0) is 24.7. The monoisotopic (exact) mass is 539 g/mol. The van der Waals surface area contributed by atoms with Crippen molar-refractivity contribution in [1.82, 2.24) is 9.55 Å². The topological polar surface area (TPSA) is 250 Å². The first-order valence-electron chi connectivity index (χ1n) is 8.08. The summed E-state index contributed by atoms with van der Waals surface area (Å²) in [6.45, 7) is 1.03. The van der Waals surface area contributed by atoms with Gasteiger partial charge >= 0.3 is 29.2 Å². The minimum atomic E-state index is -5.77. The van der Waals surface area contributed by atoms with Crippen LogP contribution in [0.3, 0.4) is 0 Å². The van der Waals surface area contributed by atoms with Gasteiger partial charge in [-0.3, -0.25) is 9.09 Å². The van der Waals surface area contributed by atoms with Gasteiger partial charge in [-0.2, -0.15) is 13.6 Å². The van der Waals surface area contributed by atoms with E-state index in [2.05, 4.69) is 24.0 Å². The maximum atomic E-state index is 12.1. The molecule has 1 fully saturated rings. The first kappa shape index (κ1) is 27.1. The number of nitrogen functional groups attached to an aromatic ring is 1. The van der Waals surface area contributed by atoms with Crippen molar-refractivity contribution < 1.29 is 56.3 Å². The quantitative estimate of drug-likeness (QED) is 0.137. The van der Waals surface area contributed by atoms with Crippen LogP contribution in [0.15, 0.2) is 17.1 Å². The molecule has 1 aliphatic rings. The van der Waals surface area contributed by atoms with Gasteiger partial charge in [-0.15, -0.1) is 6.42 Å². The molecular weight excluding hydrogens is 523 g/mol. The van der Waals surface area contributed by atoms with Crippen molar-refractivity contribution in [2.24, 2.45) is 0 Å². The van der Waals surface area contributed by atoms with Crippen molar-refractivity contribution in [2.45, 2.75) is 36.3 Å². The minimum Gasteiger partial charge on any atom is -0.387 e. The Labute approximate surface area is 184 Å². The summed E-state index contributed by atoms with van der Waals surface area (Å²) >= 11 is 6.27. The molecule has 2 heterocycles. The van der Waals surface area contributed by atoms with Gasteiger partial charge < -0.3 is 35.2 Å². The number of nitrogens with two attached hydrogens (primary N) is 1. The Morgan fingerprint density at radius 3 is 2.41 bits per heavy atom. The number of anilines is 1. The third-order valence-electron chi connectivity index (χ3n) is 3.89. The Balaban J connectivity index is 2.27. The van der Waals surface area contributed by atoms with E-state index in [-0.39, 0.29) is 5.82 Å². The van der Waals surface area contributed by atoms with E-state index < -0.39 is 58.6 Å². The number of aliphatic hydroxyl groups is 1. The summed E-state index contributed by atoms with van der Waals surface area (Å²) in [5.41, 5.74) is 4.45. The Morgan fingerprint density at radius 2 is 1.91 bits per heavy atom. The molecule has 32 heavy (non-hydrogen) atoms. The van der Waals surface area contributed by atoms with E-state index in [0.717, 1.165) is 17.7 Å². The van der Waals surface area contributed by atoms with Crippen molar-refractivity contribution in [3.05, 3.63) is 22.7 Å². The van der Waals surface area contributed by atoms with Crippen LogP contribution in [0, 0.1) is 12.3 Å². The number of halogens is 1. The van der Waals surface area contributed by atoms with Gasteiger partial charge in [0.1, 0.15) is 18.0 Å². The van der Waals surface area contributed by atoms with Gasteiger partial charge in [-0.25, -0.2) is 18.5 Å². The minimum absolute atomic E-state index is 0.136. The molecule has 3 unspecified atom stereocenters. The van der Waals surface area contributed by atoms with Crippen molar-refractivity contribution in [2.75, 3.05) is 5.73 Å². The highest BCUT2D eigenvalue weighted by Crippen LogP contribution is 2.66. The summed E-state index contributed by atoms with van der Waals surface area (Å²) in [5.74, 6) is 1.92. The fraction of sp³-hybridized carbons (Fsp3) is 0.500. The summed E-state index contributed by atoms with van der Waals surface area (Å²) in [5, 5.41) is 10.6. The van der Waals surface area contributed by atoms with Gasteiger partial charge in [0, 0.05) is 6.20 Å². The van der Waals surface area contributed by atoms with E-state index in [4.69, 9.17) is 38.3 Å². The lowest BCUT2D eigenvalue weighted by Crippen LogP contribution is -2.44. The zero-order valence-electron chi connectivity index (χ0n) is 15.7. The number of nitrogens with zero attached hydrogens (tertiary/aromatic N) is 2. The molecule has 180 valence electrons. The van der Waals surface area contributed by atoms with Crippen LogP contribution in [0.1, 0.15) is 13.2 Å². The van der Waals surface area contributed by atoms with Crippen molar-refractivity contribution in [3.8, 4) is 12.3 Å². The Bertz CT molecular complexity index is 1120. The predicted molar refractivity (Wildman–Crippen MR) is 105 cm³/mol. The smallest absolute Gasteiger partial charge is 0.387 e. The second-order valence-electron chi connectivity index (χ2n) is 6.25. The average Bonchev–Trinajstić information content (AvgIpc) is 2.84. The van der Waals surface area contributed by atoms with Crippen LogP contribution in [0.2, 0.25) is 0 Å². The molecule has 0 aliphatic carbocycles. The number of hydrogen-bond donors (Lipinski definition) is 6. The lowest BCUT2D eigenvalue weighted by molar-refractivity contribution is -0.0749. The van der Waals surface area contributed by atoms with Crippen LogP contribution < -0.4 is 11.4 Å². The van der Waals surface area contributed by atoms with E-state index >= 15 is 0 Å². The molecule has 7 N–H and O–H groups in total. The molecule has 0 spiro atoms. The highest BCUT2D eigenvalue weighted by Gasteiger charge is 2.58. The van der Waals surface area contributed by atoms with Crippen molar-refractivity contribution in [3.63, 3.8) is 0 Å². The molecule has 16 nitrogen and oxygen atoms in total. The third kappa shape index (κ3) is 6.25. The van der Waals surface area contributed by atoms with Crippen molar-refractivity contribution >= 4 is 40.9 Å². The maximum Gasteiger partial charge on any atom is 0.490 e. The zero-order valence-corrected chi connectivity index (χ0v) is 19.2. The number of terminal acetylenes is 1. The normalized spacial score (nSPS) is 30.8. The van der Waals surface area contributed by atoms with E-state index in [1.54, 1.807) is 0 Å². The van der Waals surface area contributed by atoms with E-state index in [1.165, 1.54) is 6.07 Å². The summed E-state index contributed by atoms with van der Waals surface area (Å²) < 4.78 is 52.2. The van der Waals surface area contributed by atoms with Crippen LogP contribution >= 0.6 is 35.1 Å². The van der Waals surface area contributed by atoms with Gasteiger partial charge in [0.2, 0.25) is 0 Å². The number of alkyl halides is 1. The molecule has 2 rings (SSSR count). The lowest BCUT2D eigenvalue weighted by atomic mass is 9.97. The van der Waals surface area contributed by atoms with Crippen LogP contribution in [0.25, 0.3) is 0 Å². The molecule has 1 aliphatic heterocycles. The largest absolute Gasteiger partial charge is 0.490 e. The van der Waals surface area contributed by atoms with Gasteiger partial charge in [0.25, 0.3) is 0 Å². The molecular formula is C12H17ClN3O13P3. The number of ether oxygens (including phenoxy) is 1. The van der Waals surface area contributed by atoms with Gasteiger partial charge in [-0.05, 0) is 13.0 Å². The Hall–Kier alpha value is -1.14. The molecule has 0 bridgehead atoms. The fourth-order valence-electron chi connectivity index (χ4n) is 2.67. The summed E-state index contributed by atoms with van der Waals surface area (Å²) in [4.78, 5) is 49.4. The second kappa shape index (κ2) is 9.25. The number of aliphatic hydroxyl groups excluding tert-OH is 1. The molecule has 1 aromatic heterocycles. The first-order valence-corrected chi connectivity index (χ1v) is 13.0. The summed E-state index contributed by atoms with van der Waals surface area (Å²) in [6, 6.07) is 1.20. The van der Waals surface area contributed by atoms with E-state index in [1.807, 2.05) is 0 Å². The third-order valence-corrected chi connectivity index (χ3v) is 8.34. The Morgan fingerprint density at radius 1 is 1.31 bits per heavy atom. The molecule has 0 radical (unpaired) electrons. The molecule has 0 amide bonds. The van der Waals surface area contributed by atoms with Crippen LogP contribution in [-0.4, -0.2) is 57.4 Å². The first-order chi connectivity index (χ1) is 14.4. The van der Waals surface area contributed by atoms with Crippen molar-refractivity contribution in [1.29, 1.82) is 0 Å². The maximum absolute atomic E-state index is 12.1. The standard InChI is InChI=1S/C12H17ClN3O13P3/c1-3-12(13)9(17)8(26-10(12)16-5-4-7(14)15-11(16)18)6(2)27-31(22,23)29-32(24,25)28-30(19,20)21/h1,4-6,8-10,17H,2H3,(H,22,23)(H,24,25)(H2,14,15,18)(H2,19,20,21)/t6-,8+,9?,10+,12+/m0/s1. The molecule has 20 heteroatoms. The Kier molecular flexibility index (Phi) is 7.83. The van der Waals surface area contributed by atoms with Gasteiger partial charge in [-0.1, -0.05) is 17.5 Å². The number of rotatable bonds is 8. The average molecular weight is 540 g/mol. The van der Waals surface area contributed by atoms with Crippen LogP contribution in [0.4, 0.5) is 5.82 Å². The molecule has 1 saturated heterocycles. The van der Waals surface area contributed by atoms with Gasteiger partial charge in [0.05, 0.1) is 6.10 Å². The van der Waals surface area contributed by atoms with E-state index in [0.29, 0.717) is 0 Å². The highest BCUT2D eigenvalue weighted by molar-refractivity contribution is 7.66.